The lowest BCUT2D eigenvalue weighted by Gasteiger charge is -2.11. The van der Waals surface area contributed by atoms with Gasteiger partial charge in [-0.25, -0.2) is 18.4 Å². The van der Waals surface area contributed by atoms with E-state index < -0.39 is 9.84 Å². The van der Waals surface area contributed by atoms with Gasteiger partial charge in [-0.1, -0.05) is 23.8 Å². The van der Waals surface area contributed by atoms with Crippen LogP contribution >= 0.6 is 11.3 Å². The van der Waals surface area contributed by atoms with Crippen molar-refractivity contribution in [1.29, 1.82) is 0 Å². The van der Waals surface area contributed by atoms with E-state index in [1.165, 1.54) is 16.9 Å². The van der Waals surface area contributed by atoms with Crippen LogP contribution in [0.3, 0.4) is 0 Å². The van der Waals surface area contributed by atoms with Gasteiger partial charge in [-0.2, -0.15) is 0 Å². The Bertz CT molecular complexity index is 1180. The van der Waals surface area contributed by atoms with Crippen LogP contribution in [0.2, 0.25) is 0 Å². The molecule has 0 aliphatic rings. The largest absolute Gasteiger partial charge is 0.366 e. The van der Waals surface area contributed by atoms with Crippen molar-refractivity contribution in [1.82, 2.24) is 9.88 Å². The third-order valence-corrected chi connectivity index (χ3v) is 7.77. The number of aromatic nitrogens is 1. The van der Waals surface area contributed by atoms with Crippen molar-refractivity contribution in [2.45, 2.75) is 44.8 Å². The van der Waals surface area contributed by atoms with Gasteiger partial charge in [0, 0.05) is 25.4 Å². The van der Waals surface area contributed by atoms with Crippen LogP contribution in [-0.2, 0) is 22.0 Å². The summed E-state index contributed by atoms with van der Waals surface area (Å²) < 4.78 is 25.4. The van der Waals surface area contributed by atoms with Gasteiger partial charge in [0.05, 0.1) is 33.4 Å². The number of benzene rings is 2. The number of thiazole rings is 1. The van der Waals surface area contributed by atoms with E-state index >= 15 is 0 Å². The van der Waals surface area contributed by atoms with Crippen LogP contribution in [0.25, 0.3) is 0 Å². The average Bonchev–Trinajstić information content (AvgIpc) is 3.15. The molecule has 0 aliphatic heterocycles. The lowest BCUT2D eigenvalue weighted by molar-refractivity contribution is 0.552. The third kappa shape index (κ3) is 6.02. The van der Waals surface area contributed by atoms with Crippen LogP contribution in [-0.4, -0.2) is 38.2 Å². The number of rotatable bonds is 8. The molecule has 0 saturated heterocycles. The predicted molar refractivity (Wildman–Crippen MR) is 129 cm³/mol. The lowest BCUT2D eigenvalue weighted by atomic mass is 10.0. The van der Waals surface area contributed by atoms with Gasteiger partial charge in [-0.3, -0.25) is 0 Å². The van der Waals surface area contributed by atoms with Gasteiger partial charge >= 0.3 is 0 Å². The summed E-state index contributed by atoms with van der Waals surface area (Å²) in [5.41, 5.74) is 6.04. The minimum atomic E-state index is -3.40. The molecule has 164 valence electrons. The number of aliphatic imine (C=N–C) groups is 1. The van der Waals surface area contributed by atoms with E-state index in [-0.39, 0.29) is 5.75 Å². The Morgan fingerprint density at radius 1 is 1.10 bits per heavy atom. The highest BCUT2D eigenvalue weighted by Gasteiger charge is 2.17. The zero-order chi connectivity index (χ0) is 22.6. The lowest BCUT2D eigenvalue weighted by Crippen LogP contribution is -2.14. The minimum Gasteiger partial charge on any atom is -0.366 e. The van der Waals surface area contributed by atoms with Crippen LogP contribution in [0.1, 0.15) is 39.9 Å². The Hall–Kier alpha value is -2.51. The summed E-state index contributed by atoms with van der Waals surface area (Å²) in [6, 6.07) is 11.2. The monoisotopic (exact) mass is 455 g/mol. The second kappa shape index (κ2) is 9.75. The van der Waals surface area contributed by atoms with Gasteiger partial charge in [-0.15, -0.1) is 11.3 Å². The molecule has 0 bridgehead atoms. The second-order valence-corrected chi connectivity index (χ2v) is 10.8. The van der Waals surface area contributed by atoms with Crippen LogP contribution in [0.15, 0.2) is 51.7 Å². The Kier molecular flexibility index (Phi) is 7.28. The molecule has 0 aliphatic carbocycles. The quantitative estimate of drug-likeness (QED) is 0.344. The van der Waals surface area contributed by atoms with Crippen molar-refractivity contribution in [3.8, 4) is 0 Å². The predicted octanol–water partition coefficient (Wildman–Crippen LogP) is 5.24. The maximum Gasteiger partial charge on any atom is 0.184 e. The molecule has 3 aromatic rings. The average molecular weight is 456 g/mol. The van der Waals surface area contributed by atoms with Gasteiger partial charge in [0.2, 0.25) is 0 Å². The van der Waals surface area contributed by atoms with Gasteiger partial charge in [0.15, 0.2) is 9.84 Å². The molecule has 0 N–H and O–H groups in total. The molecule has 0 fully saturated rings. The highest BCUT2D eigenvalue weighted by Crippen LogP contribution is 2.26. The van der Waals surface area contributed by atoms with E-state index in [0.717, 1.165) is 33.9 Å². The van der Waals surface area contributed by atoms with Crippen molar-refractivity contribution in [2.75, 3.05) is 13.6 Å². The first-order valence-electron chi connectivity index (χ1n) is 10.2. The molecule has 0 atom stereocenters. The third-order valence-electron chi connectivity index (χ3n) is 5.21. The SMILES string of the molecule is CCN(C)C=Nc1cc(C)c(Cc2nc(CS(=O)(=O)c3ccc(C)cc3)cs2)cc1C. The summed E-state index contributed by atoms with van der Waals surface area (Å²) in [7, 11) is -1.40. The molecule has 0 radical (unpaired) electrons. The maximum absolute atomic E-state index is 12.7. The highest BCUT2D eigenvalue weighted by molar-refractivity contribution is 7.90. The molecule has 5 nitrogen and oxygen atoms in total. The fraction of sp³-hybridized carbons (Fsp3) is 0.333. The molecule has 7 heteroatoms. The fourth-order valence-electron chi connectivity index (χ4n) is 3.12. The van der Waals surface area contributed by atoms with Crippen molar-refractivity contribution < 1.29 is 8.42 Å². The van der Waals surface area contributed by atoms with Gasteiger partial charge in [-0.05, 0) is 62.6 Å². The van der Waals surface area contributed by atoms with Crippen LogP contribution in [0.5, 0.6) is 0 Å². The number of aryl methyl sites for hydroxylation is 3. The first-order chi connectivity index (χ1) is 14.7. The topological polar surface area (TPSA) is 62.6 Å². The van der Waals surface area contributed by atoms with Gasteiger partial charge in [0.1, 0.15) is 0 Å². The molecule has 0 amide bonds. The Labute approximate surface area is 189 Å². The Balaban J connectivity index is 1.74. The smallest absolute Gasteiger partial charge is 0.184 e. The fourth-order valence-corrected chi connectivity index (χ4v) is 5.29. The number of nitrogens with zero attached hydrogens (tertiary/aromatic N) is 3. The number of sulfone groups is 1. The van der Waals surface area contributed by atoms with Crippen LogP contribution in [0, 0.1) is 20.8 Å². The van der Waals surface area contributed by atoms with E-state index in [2.05, 4.69) is 42.9 Å². The zero-order valence-electron chi connectivity index (χ0n) is 18.7. The van der Waals surface area contributed by atoms with Crippen LogP contribution < -0.4 is 0 Å². The zero-order valence-corrected chi connectivity index (χ0v) is 20.3. The molecule has 1 heterocycles. The second-order valence-electron chi connectivity index (χ2n) is 7.86. The summed E-state index contributed by atoms with van der Waals surface area (Å²) in [5.74, 6) is -0.0802. The first kappa shape index (κ1) is 23.2. The van der Waals surface area contributed by atoms with Gasteiger partial charge in [0.25, 0.3) is 0 Å². The summed E-state index contributed by atoms with van der Waals surface area (Å²) in [5, 5.41) is 2.77. The first-order valence-corrected chi connectivity index (χ1v) is 12.8. The summed E-state index contributed by atoms with van der Waals surface area (Å²) >= 11 is 1.51. The molecule has 3 rings (SSSR count). The molecule has 2 aromatic carbocycles. The standard InChI is InChI=1S/C24H29N3O2S2/c1-6-27(5)16-25-23-12-18(3)20(11-19(23)4)13-24-26-21(14-30-24)15-31(28,29)22-9-7-17(2)8-10-22/h7-12,14,16H,6,13,15H2,1-5H3. The highest BCUT2D eigenvalue weighted by atomic mass is 32.2. The molecule has 0 spiro atoms. The van der Waals surface area contributed by atoms with Crippen molar-refractivity contribution in [3.63, 3.8) is 0 Å². The van der Waals surface area contributed by atoms with E-state index in [0.29, 0.717) is 17.0 Å². The Morgan fingerprint density at radius 3 is 2.48 bits per heavy atom. The molecular formula is C24H29N3O2S2. The molecule has 0 saturated carbocycles. The number of hydrogen-bond donors (Lipinski definition) is 0. The summed E-state index contributed by atoms with van der Waals surface area (Å²) in [6.45, 7) is 9.07. The number of hydrogen-bond acceptors (Lipinski definition) is 5. The maximum atomic E-state index is 12.7. The molecule has 1 aromatic heterocycles. The molecule has 0 unspecified atom stereocenters. The normalized spacial score (nSPS) is 11.9. The van der Waals surface area contributed by atoms with Crippen molar-refractivity contribution in [3.05, 3.63) is 74.7 Å². The summed E-state index contributed by atoms with van der Waals surface area (Å²) in [4.78, 5) is 11.6. The van der Waals surface area contributed by atoms with Crippen molar-refractivity contribution in [2.24, 2.45) is 4.99 Å². The van der Waals surface area contributed by atoms with Crippen LogP contribution in [0.4, 0.5) is 5.69 Å². The molecule has 31 heavy (non-hydrogen) atoms. The van der Waals surface area contributed by atoms with Crippen molar-refractivity contribution >= 4 is 33.2 Å². The van der Waals surface area contributed by atoms with E-state index in [1.54, 1.807) is 12.1 Å². The van der Waals surface area contributed by atoms with E-state index in [4.69, 9.17) is 0 Å². The van der Waals surface area contributed by atoms with E-state index in [1.807, 2.05) is 42.7 Å². The summed E-state index contributed by atoms with van der Waals surface area (Å²) in [6.07, 6.45) is 2.53. The minimum absolute atomic E-state index is 0.0802. The van der Waals surface area contributed by atoms with E-state index in [9.17, 15) is 8.42 Å². The molecular weight excluding hydrogens is 426 g/mol. The van der Waals surface area contributed by atoms with Gasteiger partial charge < -0.3 is 4.90 Å². The Morgan fingerprint density at radius 2 is 1.81 bits per heavy atom.